The van der Waals surface area contributed by atoms with Crippen LogP contribution in [-0.2, 0) is 5.41 Å². The minimum absolute atomic E-state index is 0. The smallest absolute Gasteiger partial charge is 0.163 e. The Bertz CT molecular complexity index is 745. The third-order valence-electron chi connectivity index (χ3n) is 8.76. The standard InChI is InChI=1S/C26H42N2O2.ClH/c1-6-7-11-27-12-14-28(15-13-27)22-19-24-23(29-16-17-30-24)18-21(22)26(5)10-8-9-20(2)25(26,3)4;/h18-20H,6-17H2,1-5H3;1H. The second kappa shape index (κ2) is 9.79. The molecule has 0 spiro atoms. The van der Waals surface area contributed by atoms with Crippen LogP contribution in [-0.4, -0.2) is 50.8 Å². The fraction of sp³-hybridized carbons (Fsp3) is 0.769. The monoisotopic (exact) mass is 450 g/mol. The Morgan fingerprint density at radius 1 is 1.00 bits per heavy atom. The number of unbranched alkanes of at least 4 members (excludes halogenated alkanes) is 1. The van der Waals surface area contributed by atoms with E-state index in [0.29, 0.717) is 19.1 Å². The van der Waals surface area contributed by atoms with Gasteiger partial charge in [-0.3, -0.25) is 4.90 Å². The second-order valence-corrected chi connectivity index (χ2v) is 10.5. The summed E-state index contributed by atoms with van der Waals surface area (Å²) in [6.07, 6.45) is 6.46. The molecule has 0 N–H and O–H groups in total. The van der Waals surface area contributed by atoms with Crippen molar-refractivity contribution in [3.8, 4) is 11.5 Å². The van der Waals surface area contributed by atoms with Crippen molar-refractivity contribution in [1.29, 1.82) is 0 Å². The van der Waals surface area contributed by atoms with Gasteiger partial charge in [0.15, 0.2) is 11.5 Å². The van der Waals surface area contributed by atoms with E-state index in [4.69, 9.17) is 9.47 Å². The highest BCUT2D eigenvalue weighted by molar-refractivity contribution is 5.85. The number of hydrogen-bond donors (Lipinski definition) is 0. The number of piperazine rings is 1. The molecule has 0 bridgehead atoms. The summed E-state index contributed by atoms with van der Waals surface area (Å²) < 4.78 is 12.1. The van der Waals surface area contributed by atoms with E-state index in [1.807, 2.05) is 0 Å². The fourth-order valence-electron chi connectivity index (χ4n) is 5.85. The zero-order chi connectivity index (χ0) is 21.4. The van der Waals surface area contributed by atoms with Crippen LogP contribution in [0.4, 0.5) is 5.69 Å². The van der Waals surface area contributed by atoms with Gasteiger partial charge in [-0.25, -0.2) is 0 Å². The normalized spacial score (nSPS) is 28.2. The van der Waals surface area contributed by atoms with Crippen LogP contribution < -0.4 is 14.4 Å². The average molecular weight is 451 g/mol. The first-order chi connectivity index (χ1) is 14.4. The molecule has 1 aliphatic carbocycles. The van der Waals surface area contributed by atoms with E-state index >= 15 is 0 Å². The van der Waals surface area contributed by atoms with Gasteiger partial charge in [-0.1, -0.05) is 53.9 Å². The Hall–Kier alpha value is -1.13. The van der Waals surface area contributed by atoms with Crippen LogP contribution in [0.25, 0.3) is 0 Å². The molecule has 2 unspecified atom stereocenters. The van der Waals surface area contributed by atoms with Gasteiger partial charge in [-0.15, -0.1) is 12.4 Å². The predicted molar refractivity (Wildman–Crippen MR) is 132 cm³/mol. The molecule has 3 aliphatic rings. The quantitative estimate of drug-likeness (QED) is 0.557. The van der Waals surface area contributed by atoms with Crippen LogP contribution in [0.3, 0.4) is 0 Å². The van der Waals surface area contributed by atoms with E-state index in [-0.39, 0.29) is 23.2 Å². The molecule has 31 heavy (non-hydrogen) atoms. The summed E-state index contributed by atoms with van der Waals surface area (Å²) in [5.74, 6) is 2.58. The number of ether oxygens (including phenoxy) is 2. The maximum Gasteiger partial charge on any atom is 0.163 e. The largest absolute Gasteiger partial charge is 0.486 e. The lowest BCUT2D eigenvalue weighted by Crippen LogP contribution is -2.50. The molecule has 0 aromatic heterocycles. The van der Waals surface area contributed by atoms with Gasteiger partial charge >= 0.3 is 0 Å². The average Bonchev–Trinajstić information content (AvgIpc) is 2.76. The van der Waals surface area contributed by atoms with Gasteiger partial charge in [0, 0.05) is 43.3 Å². The Morgan fingerprint density at radius 3 is 2.29 bits per heavy atom. The van der Waals surface area contributed by atoms with Gasteiger partial charge in [0.1, 0.15) is 13.2 Å². The lowest BCUT2D eigenvalue weighted by molar-refractivity contribution is 0.0474. The van der Waals surface area contributed by atoms with Crippen LogP contribution >= 0.6 is 12.4 Å². The molecule has 2 atom stereocenters. The van der Waals surface area contributed by atoms with Crippen molar-refractivity contribution in [2.24, 2.45) is 11.3 Å². The van der Waals surface area contributed by atoms with Crippen molar-refractivity contribution >= 4 is 18.1 Å². The van der Waals surface area contributed by atoms with E-state index in [0.717, 1.165) is 37.7 Å². The number of halogens is 1. The van der Waals surface area contributed by atoms with Gasteiger partial charge in [0.2, 0.25) is 0 Å². The Morgan fingerprint density at radius 2 is 1.65 bits per heavy atom. The van der Waals surface area contributed by atoms with Gasteiger partial charge in [-0.2, -0.15) is 0 Å². The first-order valence-electron chi connectivity index (χ1n) is 12.3. The summed E-state index contributed by atoms with van der Waals surface area (Å²) in [4.78, 5) is 5.25. The van der Waals surface area contributed by atoms with Crippen LogP contribution in [0.5, 0.6) is 11.5 Å². The molecule has 1 aromatic rings. The summed E-state index contributed by atoms with van der Waals surface area (Å²) in [7, 11) is 0. The minimum Gasteiger partial charge on any atom is -0.486 e. The molecule has 5 heteroatoms. The molecule has 0 radical (unpaired) electrons. The minimum atomic E-state index is 0. The summed E-state index contributed by atoms with van der Waals surface area (Å²) in [5.41, 5.74) is 3.24. The number of anilines is 1. The first kappa shape index (κ1) is 24.5. The van der Waals surface area contributed by atoms with Crippen molar-refractivity contribution in [3.63, 3.8) is 0 Å². The molecular weight excluding hydrogens is 408 g/mol. The number of hydrogen-bond acceptors (Lipinski definition) is 4. The van der Waals surface area contributed by atoms with Crippen molar-refractivity contribution < 1.29 is 9.47 Å². The highest BCUT2D eigenvalue weighted by atomic mass is 35.5. The van der Waals surface area contributed by atoms with Gasteiger partial charge in [0.05, 0.1) is 0 Å². The first-order valence-corrected chi connectivity index (χ1v) is 12.3. The molecule has 176 valence electrons. The highest BCUT2D eigenvalue weighted by Crippen LogP contribution is 2.57. The van der Waals surface area contributed by atoms with E-state index in [2.05, 4.69) is 56.6 Å². The van der Waals surface area contributed by atoms with E-state index in [9.17, 15) is 0 Å². The van der Waals surface area contributed by atoms with Crippen molar-refractivity contribution in [1.82, 2.24) is 4.90 Å². The zero-order valence-corrected chi connectivity index (χ0v) is 21.2. The third kappa shape index (κ3) is 4.53. The number of benzene rings is 1. The second-order valence-electron chi connectivity index (χ2n) is 10.5. The topological polar surface area (TPSA) is 24.9 Å². The molecule has 2 heterocycles. The zero-order valence-electron chi connectivity index (χ0n) is 20.3. The molecule has 0 amide bonds. The molecule has 1 saturated carbocycles. The molecule has 1 saturated heterocycles. The lowest BCUT2D eigenvalue weighted by Gasteiger charge is -2.54. The fourth-order valence-corrected chi connectivity index (χ4v) is 5.85. The molecule has 2 aliphatic heterocycles. The highest BCUT2D eigenvalue weighted by Gasteiger charge is 2.49. The van der Waals surface area contributed by atoms with Gasteiger partial charge in [0.25, 0.3) is 0 Å². The number of fused-ring (bicyclic) bond motifs is 1. The maximum absolute atomic E-state index is 6.05. The Balaban J connectivity index is 0.00000272. The predicted octanol–water partition coefficient (Wildman–Crippen LogP) is 5.91. The van der Waals surface area contributed by atoms with E-state index in [1.165, 1.54) is 49.9 Å². The molecule has 4 rings (SSSR count). The lowest BCUT2D eigenvalue weighted by atomic mass is 9.52. The summed E-state index contributed by atoms with van der Waals surface area (Å²) in [6.45, 7) is 19.3. The van der Waals surface area contributed by atoms with Gasteiger partial charge < -0.3 is 14.4 Å². The SMILES string of the molecule is CCCCN1CCN(c2cc3c(cc2C2(C)CCCC(C)C2(C)C)OCCO3)CC1.Cl. The van der Waals surface area contributed by atoms with Crippen LogP contribution in [0.1, 0.15) is 72.3 Å². The van der Waals surface area contributed by atoms with E-state index < -0.39 is 0 Å². The van der Waals surface area contributed by atoms with Crippen molar-refractivity contribution in [2.75, 3.05) is 50.8 Å². The third-order valence-corrected chi connectivity index (χ3v) is 8.76. The molecule has 2 fully saturated rings. The van der Waals surface area contributed by atoms with Crippen LogP contribution in [0, 0.1) is 11.3 Å². The van der Waals surface area contributed by atoms with E-state index in [1.54, 1.807) is 0 Å². The summed E-state index contributed by atoms with van der Waals surface area (Å²) in [6, 6.07) is 4.64. The van der Waals surface area contributed by atoms with Crippen molar-refractivity contribution in [2.45, 2.75) is 72.1 Å². The maximum atomic E-state index is 6.05. The summed E-state index contributed by atoms with van der Waals surface area (Å²) >= 11 is 0. The Labute approximate surface area is 196 Å². The van der Waals surface area contributed by atoms with Crippen LogP contribution in [0.15, 0.2) is 12.1 Å². The molecular formula is C26H43ClN2O2. The number of nitrogens with zero attached hydrogens (tertiary/aromatic N) is 2. The van der Waals surface area contributed by atoms with Gasteiger partial charge in [-0.05, 0) is 42.3 Å². The molecule has 1 aromatic carbocycles. The molecule has 4 nitrogen and oxygen atoms in total. The number of rotatable bonds is 5. The summed E-state index contributed by atoms with van der Waals surface area (Å²) in [5, 5.41) is 0. The van der Waals surface area contributed by atoms with Crippen LogP contribution in [0.2, 0.25) is 0 Å². The Kier molecular flexibility index (Phi) is 7.74. The van der Waals surface area contributed by atoms with Crippen molar-refractivity contribution in [3.05, 3.63) is 17.7 Å².